The number of hydrogen-bond acceptors (Lipinski definition) is 6. The number of nitrogens with zero attached hydrogens (tertiary/aromatic N) is 1. The van der Waals surface area contributed by atoms with Crippen LogP contribution in [0.2, 0.25) is 5.02 Å². The van der Waals surface area contributed by atoms with E-state index < -0.39 is 74.3 Å². The van der Waals surface area contributed by atoms with Crippen molar-refractivity contribution >= 4 is 29.2 Å². The summed E-state index contributed by atoms with van der Waals surface area (Å²) in [5.74, 6) is -8.83. The maximum atomic E-state index is 14.0. The number of ether oxygens (including phenoxy) is 2. The average molecular weight is 420 g/mol. The first-order chi connectivity index (χ1) is 13.0. The Balaban J connectivity index is 2.49. The number of hydrogen-bond donors (Lipinski definition) is 1. The second-order valence-electron chi connectivity index (χ2n) is 5.22. The average Bonchev–Trinajstić information content (AvgIpc) is 2.65. The van der Waals surface area contributed by atoms with Gasteiger partial charge < -0.3 is 14.6 Å². The van der Waals surface area contributed by atoms with Crippen LogP contribution in [-0.4, -0.2) is 28.6 Å². The van der Waals surface area contributed by atoms with Crippen LogP contribution in [0.15, 0.2) is 18.2 Å². The first-order valence-corrected chi connectivity index (χ1v) is 7.60. The quantitative estimate of drug-likeness (QED) is 0.325. The molecule has 0 bridgehead atoms. The van der Waals surface area contributed by atoms with Crippen molar-refractivity contribution in [1.29, 1.82) is 0 Å². The lowest BCUT2D eigenvalue weighted by atomic mass is 10.1. The Morgan fingerprint density at radius 1 is 1.21 bits per heavy atom. The number of aliphatic carboxylic acids is 1. The molecular formula is C16H9ClF3NO7. The smallest absolute Gasteiger partial charge is 0.345 e. The van der Waals surface area contributed by atoms with E-state index in [0.717, 1.165) is 19.1 Å². The van der Waals surface area contributed by atoms with Crippen LogP contribution in [0.3, 0.4) is 0 Å². The third-order valence-corrected chi connectivity index (χ3v) is 3.71. The van der Waals surface area contributed by atoms with Crippen LogP contribution in [0.4, 0.5) is 18.9 Å². The Labute approximate surface area is 159 Å². The summed E-state index contributed by atoms with van der Waals surface area (Å²) in [6, 6.07) is 2.41. The number of benzene rings is 2. The Morgan fingerprint density at radius 2 is 1.86 bits per heavy atom. The molecule has 0 heterocycles. The molecule has 0 aliphatic rings. The molecule has 2 aromatic rings. The number of carboxylic acids is 1. The fourth-order valence-electron chi connectivity index (χ4n) is 2.04. The SMILES string of the molecule is Cc1c(F)c(F)c(Oc2ccc([N+](=O)[O-])c(C(=O)OCC(=O)O)c2)c(Cl)c1F. The number of nitro groups is 1. The van der Waals surface area contributed by atoms with Gasteiger partial charge in [-0.15, -0.1) is 0 Å². The van der Waals surface area contributed by atoms with Crippen LogP contribution in [0.5, 0.6) is 11.5 Å². The van der Waals surface area contributed by atoms with E-state index in [4.69, 9.17) is 21.4 Å². The molecule has 148 valence electrons. The van der Waals surface area contributed by atoms with Crippen molar-refractivity contribution in [3.63, 3.8) is 0 Å². The van der Waals surface area contributed by atoms with Gasteiger partial charge in [0.05, 0.1) is 4.92 Å². The summed E-state index contributed by atoms with van der Waals surface area (Å²) in [6.45, 7) is -0.123. The van der Waals surface area contributed by atoms with Crippen LogP contribution in [-0.2, 0) is 9.53 Å². The molecule has 28 heavy (non-hydrogen) atoms. The lowest BCUT2D eigenvalue weighted by Gasteiger charge is -2.12. The number of esters is 1. The van der Waals surface area contributed by atoms with E-state index in [1.54, 1.807) is 0 Å². The molecule has 0 fully saturated rings. The molecule has 0 radical (unpaired) electrons. The zero-order valence-electron chi connectivity index (χ0n) is 13.8. The minimum Gasteiger partial charge on any atom is -0.479 e. The molecule has 8 nitrogen and oxygen atoms in total. The van der Waals surface area contributed by atoms with Crippen molar-refractivity contribution < 1.29 is 42.3 Å². The van der Waals surface area contributed by atoms with Crippen molar-refractivity contribution in [1.82, 2.24) is 0 Å². The fraction of sp³-hybridized carbons (Fsp3) is 0.125. The van der Waals surface area contributed by atoms with Crippen LogP contribution in [0, 0.1) is 34.5 Å². The Morgan fingerprint density at radius 3 is 2.43 bits per heavy atom. The molecule has 0 amide bonds. The van der Waals surface area contributed by atoms with Gasteiger partial charge in [0.2, 0.25) is 5.82 Å². The number of rotatable bonds is 6. The summed E-state index contributed by atoms with van der Waals surface area (Å²) in [4.78, 5) is 32.4. The summed E-state index contributed by atoms with van der Waals surface area (Å²) in [7, 11) is 0. The molecule has 0 aliphatic heterocycles. The normalized spacial score (nSPS) is 10.5. The maximum absolute atomic E-state index is 14.0. The van der Waals surface area contributed by atoms with Gasteiger partial charge >= 0.3 is 11.9 Å². The van der Waals surface area contributed by atoms with E-state index in [1.165, 1.54) is 0 Å². The van der Waals surface area contributed by atoms with Gasteiger partial charge in [-0.2, -0.15) is 4.39 Å². The number of halogens is 4. The maximum Gasteiger partial charge on any atom is 0.345 e. The molecule has 0 aromatic heterocycles. The predicted octanol–water partition coefficient (Wildman–Crippen LogP) is 4.01. The molecule has 12 heteroatoms. The molecule has 0 saturated heterocycles. The van der Waals surface area contributed by atoms with E-state index in [9.17, 15) is 32.9 Å². The van der Waals surface area contributed by atoms with E-state index in [0.29, 0.717) is 6.07 Å². The lowest BCUT2D eigenvalue weighted by molar-refractivity contribution is -0.385. The second-order valence-corrected chi connectivity index (χ2v) is 5.60. The van der Waals surface area contributed by atoms with Crippen LogP contribution < -0.4 is 4.74 Å². The topological polar surface area (TPSA) is 116 Å². The van der Waals surface area contributed by atoms with Crippen molar-refractivity contribution in [2.45, 2.75) is 6.92 Å². The van der Waals surface area contributed by atoms with E-state index in [1.807, 2.05) is 0 Å². The molecule has 0 spiro atoms. The minimum absolute atomic E-state index is 0.448. The molecule has 2 aromatic carbocycles. The zero-order chi connectivity index (χ0) is 21.2. The third kappa shape index (κ3) is 4.14. The molecule has 1 N–H and O–H groups in total. The number of carbonyl (C=O) groups excluding carboxylic acids is 1. The van der Waals surface area contributed by atoms with Crippen LogP contribution >= 0.6 is 11.6 Å². The van der Waals surface area contributed by atoms with Gasteiger partial charge in [0.25, 0.3) is 5.69 Å². The molecule has 0 aliphatic carbocycles. The van der Waals surface area contributed by atoms with E-state index in [-0.39, 0.29) is 0 Å². The predicted molar refractivity (Wildman–Crippen MR) is 87.2 cm³/mol. The summed E-state index contributed by atoms with van der Waals surface area (Å²) >= 11 is 5.62. The van der Waals surface area contributed by atoms with Gasteiger partial charge in [-0.1, -0.05) is 11.6 Å². The van der Waals surface area contributed by atoms with Gasteiger partial charge in [-0.3, -0.25) is 10.1 Å². The molecule has 0 saturated carbocycles. The fourth-order valence-corrected chi connectivity index (χ4v) is 2.30. The summed E-state index contributed by atoms with van der Waals surface area (Å²) < 4.78 is 51.0. The van der Waals surface area contributed by atoms with Crippen LogP contribution in [0.25, 0.3) is 0 Å². The Kier molecular flexibility index (Phi) is 6.09. The van der Waals surface area contributed by atoms with Crippen molar-refractivity contribution in [3.05, 3.63) is 61.9 Å². The molecular weight excluding hydrogens is 411 g/mol. The standard InChI is InChI=1S/C16H9ClF3NO7/c1-6-12(18)11(17)15(14(20)13(6)19)28-7-2-3-9(21(25)26)8(4-7)16(24)27-5-10(22)23/h2-4H,5H2,1H3,(H,22,23). The van der Waals surface area contributed by atoms with Crippen molar-refractivity contribution in [3.8, 4) is 11.5 Å². The first-order valence-electron chi connectivity index (χ1n) is 7.22. The third-order valence-electron chi connectivity index (χ3n) is 3.37. The van der Waals surface area contributed by atoms with Gasteiger partial charge in [0.1, 0.15) is 16.3 Å². The molecule has 0 atom stereocenters. The highest BCUT2D eigenvalue weighted by molar-refractivity contribution is 6.32. The van der Waals surface area contributed by atoms with Crippen LogP contribution in [0.1, 0.15) is 15.9 Å². The van der Waals surface area contributed by atoms with Gasteiger partial charge in [0.15, 0.2) is 24.0 Å². The summed E-state index contributed by atoms with van der Waals surface area (Å²) in [6.07, 6.45) is 0. The lowest BCUT2D eigenvalue weighted by Crippen LogP contribution is -2.14. The summed E-state index contributed by atoms with van der Waals surface area (Å²) in [5.41, 5.74) is -2.18. The Bertz CT molecular complexity index is 968. The number of carboxylic acid groups (broad SMARTS) is 1. The Hall–Kier alpha value is -3.34. The molecule has 0 unspecified atom stereocenters. The number of carbonyl (C=O) groups is 2. The van der Waals surface area contributed by atoms with E-state index in [2.05, 4.69) is 4.74 Å². The van der Waals surface area contributed by atoms with Gasteiger partial charge in [-0.05, 0) is 13.0 Å². The van der Waals surface area contributed by atoms with E-state index >= 15 is 0 Å². The second kappa shape index (κ2) is 8.13. The highest BCUT2D eigenvalue weighted by atomic mass is 35.5. The molecule has 2 rings (SSSR count). The summed E-state index contributed by atoms with van der Waals surface area (Å²) in [5, 5.41) is 18.7. The highest BCUT2D eigenvalue weighted by Crippen LogP contribution is 2.38. The highest BCUT2D eigenvalue weighted by Gasteiger charge is 2.26. The first kappa shape index (κ1) is 21.0. The largest absolute Gasteiger partial charge is 0.479 e. The minimum atomic E-state index is -1.61. The number of nitro benzene ring substituents is 1. The van der Waals surface area contributed by atoms with Gasteiger partial charge in [-0.25, -0.2) is 18.4 Å². The van der Waals surface area contributed by atoms with Crippen molar-refractivity contribution in [2.24, 2.45) is 0 Å². The van der Waals surface area contributed by atoms with Crippen molar-refractivity contribution in [2.75, 3.05) is 6.61 Å². The van der Waals surface area contributed by atoms with Gasteiger partial charge in [0, 0.05) is 17.7 Å². The zero-order valence-corrected chi connectivity index (χ0v) is 14.6. The monoisotopic (exact) mass is 419 g/mol.